The lowest BCUT2D eigenvalue weighted by Crippen LogP contribution is -2.34. The fourth-order valence-corrected chi connectivity index (χ4v) is 6.05. The van der Waals surface area contributed by atoms with E-state index in [9.17, 15) is 9.90 Å². The molecule has 6 rings (SSSR count). The number of fused-ring (bicyclic) bond motifs is 4. The van der Waals surface area contributed by atoms with Crippen LogP contribution in [0.15, 0.2) is 60.7 Å². The van der Waals surface area contributed by atoms with Gasteiger partial charge in [-0.3, -0.25) is 9.38 Å². The van der Waals surface area contributed by atoms with Crippen LogP contribution in [0, 0.1) is 6.92 Å². The molecule has 0 aliphatic carbocycles. The molecule has 6 nitrogen and oxygen atoms in total. The standard InChI is InChI=1S/C31H32N4O2/c1-3-29-33-30(31(36)37)28-13-12-24-21(6-4-9-27(24)35(28)29)14-17-34-18-15-22(16-19-34)23-7-5-8-26-25(23)11-10-20(2)32-26/h4-13,22H,3,14-19H2,1-2H3,(H,36,37). The lowest BCUT2D eigenvalue weighted by molar-refractivity contribution is 0.0693. The summed E-state index contributed by atoms with van der Waals surface area (Å²) in [6.45, 7) is 7.28. The number of piperidine rings is 1. The average molecular weight is 493 g/mol. The summed E-state index contributed by atoms with van der Waals surface area (Å²) in [5.74, 6) is 0.384. The van der Waals surface area contributed by atoms with Gasteiger partial charge in [0, 0.05) is 29.4 Å². The topological polar surface area (TPSA) is 70.7 Å². The van der Waals surface area contributed by atoms with Crippen molar-refractivity contribution >= 4 is 33.3 Å². The largest absolute Gasteiger partial charge is 0.476 e. The lowest BCUT2D eigenvalue weighted by Gasteiger charge is -2.32. The molecule has 4 heterocycles. The molecule has 37 heavy (non-hydrogen) atoms. The van der Waals surface area contributed by atoms with Gasteiger partial charge in [0.2, 0.25) is 0 Å². The van der Waals surface area contributed by atoms with E-state index in [1.807, 2.05) is 17.4 Å². The van der Waals surface area contributed by atoms with Crippen molar-refractivity contribution in [2.75, 3.05) is 19.6 Å². The number of imidazole rings is 1. The zero-order valence-corrected chi connectivity index (χ0v) is 21.4. The number of aryl methyl sites for hydroxylation is 2. The molecule has 0 amide bonds. The Morgan fingerprint density at radius 2 is 1.73 bits per heavy atom. The molecule has 3 aromatic heterocycles. The number of pyridine rings is 2. The number of hydrogen-bond donors (Lipinski definition) is 1. The van der Waals surface area contributed by atoms with Crippen LogP contribution in [-0.4, -0.2) is 50.0 Å². The van der Waals surface area contributed by atoms with Crippen molar-refractivity contribution < 1.29 is 9.90 Å². The number of benzene rings is 2. The van der Waals surface area contributed by atoms with Crippen LogP contribution < -0.4 is 0 Å². The Labute approximate surface area is 216 Å². The summed E-state index contributed by atoms with van der Waals surface area (Å²) in [4.78, 5) is 23.5. The molecule has 1 saturated heterocycles. The van der Waals surface area contributed by atoms with Gasteiger partial charge in [-0.2, -0.15) is 0 Å². The molecule has 0 bridgehead atoms. The second kappa shape index (κ2) is 9.60. The predicted octanol–water partition coefficient (Wildman–Crippen LogP) is 6.03. The van der Waals surface area contributed by atoms with E-state index in [-0.39, 0.29) is 5.69 Å². The van der Waals surface area contributed by atoms with Crippen LogP contribution in [0.25, 0.3) is 27.3 Å². The van der Waals surface area contributed by atoms with E-state index >= 15 is 0 Å². The number of carbonyl (C=O) groups is 1. The van der Waals surface area contributed by atoms with E-state index in [4.69, 9.17) is 4.98 Å². The van der Waals surface area contributed by atoms with Crippen molar-refractivity contribution in [3.63, 3.8) is 0 Å². The van der Waals surface area contributed by atoms with Gasteiger partial charge in [-0.25, -0.2) is 9.78 Å². The maximum atomic E-state index is 11.7. The molecule has 5 aromatic rings. The van der Waals surface area contributed by atoms with E-state index in [0.29, 0.717) is 17.9 Å². The first-order chi connectivity index (χ1) is 18.0. The van der Waals surface area contributed by atoms with Crippen LogP contribution in [0.2, 0.25) is 0 Å². The fraction of sp³-hybridized carbons (Fsp3) is 0.323. The summed E-state index contributed by atoms with van der Waals surface area (Å²) >= 11 is 0. The summed E-state index contributed by atoms with van der Waals surface area (Å²) in [6, 6.07) is 21.2. The van der Waals surface area contributed by atoms with Crippen molar-refractivity contribution in [1.82, 2.24) is 19.3 Å². The van der Waals surface area contributed by atoms with Gasteiger partial charge in [0.1, 0.15) is 5.82 Å². The third kappa shape index (κ3) is 4.25. The molecule has 1 aliphatic heterocycles. The normalized spacial score (nSPS) is 15.2. The molecule has 2 aromatic carbocycles. The number of hydrogen-bond acceptors (Lipinski definition) is 4. The third-order valence-corrected chi connectivity index (χ3v) is 7.95. The Kier molecular flexibility index (Phi) is 6.13. The smallest absolute Gasteiger partial charge is 0.356 e. The Morgan fingerprint density at radius 3 is 2.51 bits per heavy atom. The summed E-state index contributed by atoms with van der Waals surface area (Å²) in [7, 11) is 0. The maximum absolute atomic E-state index is 11.7. The average Bonchev–Trinajstić information content (AvgIpc) is 3.31. The highest BCUT2D eigenvalue weighted by Gasteiger charge is 2.23. The zero-order valence-electron chi connectivity index (χ0n) is 21.4. The minimum absolute atomic E-state index is 0.129. The van der Waals surface area contributed by atoms with Crippen LogP contribution in [0.1, 0.15) is 58.8 Å². The monoisotopic (exact) mass is 492 g/mol. The summed E-state index contributed by atoms with van der Waals surface area (Å²) in [5.41, 5.74) is 6.73. The third-order valence-electron chi connectivity index (χ3n) is 7.95. The van der Waals surface area contributed by atoms with Crippen molar-refractivity contribution in [1.29, 1.82) is 0 Å². The number of rotatable bonds is 6. The number of carboxylic acid groups (broad SMARTS) is 1. The minimum atomic E-state index is -0.981. The van der Waals surface area contributed by atoms with Crippen LogP contribution in [-0.2, 0) is 12.8 Å². The van der Waals surface area contributed by atoms with Crippen molar-refractivity contribution in [3.8, 4) is 0 Å². The quantitative estimate of drug-likeness (QED) is 0.314. The fourth-order valence-electron chi connectivity index (χ4n) is 6.05. The van der Waals surface area contributed by atoms with Gasteiger partial charge in [0.05, 0.1) is 16.6 Å². The zero-order chi connectivity index (χ0) is 25.5. The second-order valence-corrected chi connectivity index (χ2v) is 10.2. The molecule has 0 radical (unpaired) electrons. The van der Waals surface area contributed by atoms with Crippen LogP contribution >= 0.6 is 0 Å². The Morgan fingerprint density at radius 1 is 0.946 bits per heavy atom. The van der Waals surface area contributed by atoms with E-state index < -0.39 is 5.97 Å². The lowest BCUT2D eigenvalue weighted by atomic mass is 9.87. The molecular weight excluding hydrogens is 460 g/mol. The van der Waals surface area contributed by atoms with Crippen molar-refractivity contribution in [2.24, 2.45) is 0 Å². The van der Waals surface area contributed by atoms with Gasteiger partial charge in [0.15, 0.2) is 5.69 Å². The number of aromatic nitrogens is 3. The minimum Gasteiger partial charge on any atom is -0.476 e. The molecule has 0 atom stereocenters. The second-order valence-electron chi connectivity index (χ2n) is 10.2. The first-order valence-electron chi connectivity index (χ1n) is 13.3. The van der Waals surface area contributed by atoms with Gasteiger partial charge < -0.3 is 10.0 Å². The van der Waals surface area contributed by atoms with Gasteiger partial charge >= 0.3 is 5.97 Å². The summed E-state index contributed by atoms with van der Waals surface area (Å²) in [6.07, 6.45) is 3.97. The number of carboxylic acids is 1. The molecule has 188 valence electrons. The van der Waals surface area contributed by atoms with Gasteiger partial charge in [-0.05, 0) is 80.6 Å². The molecule has 1 fully saturated rings. The molecule has 0 saturated carbocycles. The number of aromatic carboxylic acids is 1. The Hall–Kier alpha value is -3.77. The van der Waals surface area contributed by atoms with E-state index in [1.54, 1.807) is 0 Å². The molecule has 1 aliphatic rings. The Balaban J connectivity index is 1.19. The van der Waals surface area contributed by atoms with Crippen LogP contribution in [0.5, 0.6) is 0 Å². The van der Waals surface area contributed by atoms with Crippen molar-refractivity contribution in [2.45, 2.75) is 45.4 Å². The molecular formula is C31H32N4O2. The van der Waals surface area contributed by atoms with E-state index in [0.717, 1.165) is 61.4 Å². The first-order valence-corrected chi connectivity index (χ1v) is 13.3. The molecule has 1 N–H and O–H groups in total. The van der Waals surface area contributed by atoms with Crippen LogP contribution in [0.4, 0.5) is 0 Å². The predicted molar refractivity (Wildman–Crippen MR) is 148 cm³/mol. The van der Waals surface area contributed by atoms with Gasteiger partial charge in [0.25, 0.3) is 0 Å². The van der Waals surface area contributed by atoms with Gasteiger partial charge in [-0.15, -0.1) is 0 Å². The number of likely N-dealkylation sites (tertiary alicyclic amines) is 1. The SMILES string of the molecule is CCc1nc(C(=O)O)c2ccc3c(CCN4CCC(c5cccc6nc(C)ccc56)CC4)cccc3n12. The molecule has 6 heteroatoms. The highest BCUT2D eigenvalue weighted by Crippen LogP contribution is 2.33. The van der Waals surface area contributed by atoms with Crippen LogP contribution in [0.3, 0.4) is 0 Å². The van der Waals surface area contributed by atoms with E-state index in [1.165, 1.54) is 21.9 Å². The van der Waals surface area contributed by atoms with Gasteiger partial charge in [-0.1, -0.05) is 43.3 Å². The maximum Gasteiger partial charge on any atom is 0.356 e. The summed E-state index contributed by atoms with van der Waals surface area (Å²) in [5, 5.41) is 12.1. The Bertz CT molecular complexity index is 1630. The summed E-state index contributed by atoms with van der Waals surface area (Å²) < 4.78 is 2.02. The molecule has 0 spiro atoms. The number of nitrogens with zero attached hydrogens (tertiary/aromatic N) is 4. The molecule has 0 unspecified atom stereocenters. The van der Waals surface area contributed by atoms with Crippen molar-refractivity contribution in [3.05, 3.63) is 89.0 Å². The van der Waals surface area contributed by atoms with E-state index in [2.05, 4.69) is 71.4 Å². The highest BCUT2D eigenvalue weighted by molar-refractivity contribution is 5.97. The first kappa shape index (κ1) is 23.6. The highest BCUT2D eigenvalue weighted by atomic mass is 16.4.